The van der Waals surface area contributed by atoms with E-state index in [1.807, 2.05) is 60.7 Å². The van der Waals surface area contributed by atoms with Crippen LogP contribution in [0.2, 0.25) is 5.02 Å². The smallest absolute Gasteiger partial charge is 0.253 e. The number of carbonyl (C=O) groups is 1. The van der Waals surface area contributed by atoms with E-state index in [-0.39, 0.29) is 5.91 Å². The average Bonchev–Trinajstić information content (AvgIpc) is 2.61. The van der Waals surface area contributed by atoms with Crippen molar-refractivity contribution in [3.8, 4) is 11.1 Å². The molecule has 4 heteroatoms. The van der Waals surface area contributed by atoms with E-state index in [9.17, 15) is 4.79 Å². The fourth-order valence-electron chi connectivity index (χ4n) is 2.24. The number of halogens is 1. The molecule has 0 aliphatic rings. The third-order valence-corrected chi connectivity index (χ3v) is 3.73. The zero-order chi connectivity index (χ0) is 16.1. The number of carbonyl (C=O) groups excluding carboxylic acids is 1. The first-order chi connectivity index (χ1) is 11.2. The van der Waals surface area contributed by atoms with E-state index in [0.717, 1.165) is 16.7 Å². The molecule has 23 heavy (non-hydrogen) atoms. The summed E-state index contributed by atoms with van der Waals surface area (Å²) in [6.07, 6.45) is 3.30. The van der Waals surface area contributed by atoms with Gasteiger partial charge in [-0.2, -0.15) is 0 Å². The minimum absolute atomic E-state index is 0.142. The molecule has 0 atom stereocenters. The summed E-state index contributed by atoms with van der Waals surface area (Å²) < 4.78 is 0. The molecule has 3 rings (SSSR count). The number of amides is 1. The van der Waals surface area contributed by atoms with Crippen LogP contribution in [-0.4, -0.2) is 10.9 Å². The molecule has 0 bridgehead atoms. The lowest BCUT2D eigenvalue weighted by Gasteiger charge is -2.07. The van der Waals surface area contributed by atoms with E-state index in [1.54, 1.807) is 12.4 Å². The summed E-state index contributed by atoms with van der Waals surface area (Å²) >= 11 is 5.90. The van der Waals surface area contributed by atoms with Crippen molar-refractivity contribution in [3.05, 3.63) is 89.2 Å². The maximum Gasteiger partial charge on any atom is 0.253 e. The van der Waals surface area contributed by atoms with Crippen molar-refractivity contribution >= 4 is 17.5 Å². The number of rotatable bonds is 4. The van der Waals surface area contributed by atoms with E-state index >= 15 is 0 Å². The molecule has 3 nitrogen and oxygen atoms in total. The second kappa shape index (κ2) is 7.07. The Morgan fingerprint density at radius 3 is 2.43 bits per heavy atom. The average molecular weight is 323 g/mol. The second-order valence-corrected chi connectivity index (χ2v) is 5.57. The Bertz CT molecular complexity index is 801. The van der Waals surface area contributed by atoms with Gasteiger partial charge >= 0.3 is 0 Å². The third-order valence-electron chi connectivity index (χ3n) is 3.47. The summed E-state index contributed by atoms with van der Waals surface area (Å²) in [6, 6.07) is 19.1. The summed E-state index contributed by atoms with van der Waals surface area (Å²) in [7, 11) is 0. The number of nitrogens with one attached hydrogen (secondary N) is 1. The summed E-state index contributed by atoms with van der Waals surface area (Å²) in [6.45, 7) is 0.491. The van der Waals surface area contributed by atoms with Gasteiger partial charge in [-0.05, 0) is 29.3 Å². The molecule has 0 radical (unpaired) electrons. The minimum Gasteiger partial charge on any atom is -0.348 e. The molecule has 0 unspecified atom stereocenters. The van der Waals surface area contributed by atoms with Crippen LogP contribution >= 0.6 is 11.6 Å². The Balaban J connectivity index is 1.74. The van der Waals surface area contributed by atoms with E-state index in [4.69, 9.17) is 11.6 Å². The highest BCUT2D eigenvalue weighted by Gasteiger charge is 2.08. The van der Waals surface area contributed by atoms with Gasteiger partial charge in [0, 0.05) is 29.5 Å². The lowest BCUT2D eigenvalue weighted by Crippen LogP contribution is -2.22. The number of hydrogen-bond donors (Lipinski definition) is 1. The molecule has 0 fully saturated rings. The van der Waals surface area contributed by atoms with Crippen molar-refractivity contribution in [2.45, 2.75) is 6.54 Å². The van der Waals surface area contributed by atoms with Gasteiger partial charge in [0.05, 0.1) is 5.56 Å². The predicted octanol–water partition coefficient (Wildman–Crippen LogP) is 4.33. The molecule has 2 aromatic carbocycles. The van der Waals surface area contributed by atoms with E-state index in [2.05, 4.69) is 10.3 Å². The van der Waals surface area contributed by atoms with E-state index in [0.29, 0.717) is 17.1 Å². The van der Waals surface area contributed by atoms with Gasteiger partial charge in [0.15, 0.2) is 0 Å². The van der Waals surface area contributed by atoms with E-state index in [1.165, 1.54) is 0 Å². The highest BCUT2D eigenvalue weighted by molar-refractivity contribution is 6.30. The molecular formula is C19H15ClN2O. The second-order valence-electron chi connectivity index (χ2n) is 5.14. The fraction of sp³-hybridized carbons (Fsp3) is 0.0526. The third kappa shape index (κ3) is 3.96. The molecule has 0 aliphatic heterocycles. The molecule has 0 spiro atoms. The predicted molar refractivity (Wildman–Crippen MR) is 92.3 cm³/mol. The number of benzene rings is 2. The SMILES string of the molecule is O=C(NCc1ccccc1)c1cncc(-c2ccc(Cl)cc2)c1. The first-order valence-electron chi connectivity index (χ1n) is 7.25. The van der Waals surface area contributed by atoms with Crippen LogP contribution in [0.5, 0.6) is 0 Å². The summed E-state index contributed by atoms with van der Waals surface area (Å²) in [5, 5.41) is 3.58. The monoisotopic (exact) mass is 322 g/mol. The molecular weight excluding hydrogens is 308 g/mol. The van der Waals surface area contributed by atoms with Gasteiger partial charge in [0.1, 0.15) is 0 Å². The van der Waals surface area contributed by atoms with Crippen LogP contribution in [0.3, 0.4) is 0 Å². The first kappa shape index (κ1) is 15.3. The molecule has 114 valence electrons. The molecule has 1 amide bonds. The van der Waals surface area contributed by atoms with Crippen molar-refractivity contribution in [1.29, 1.82) is 0 Å². The Labute approximate surface area is 140 Å². The van der Waals surface area contributed by atoms with Crippen LogP contribution in [0, 0.1) is 0 Å². The van der Waals surface area contributed by atoms with Crippen molar-refractivity contribution in [2.24, 2.45) is 0 Å². The maximum absolute atomic E-state index is 12.3. The van der Waals surface area contributed by atoms with Crippen molar-refractivity contribution < 1.29 is 4.79 Å². The molecule has 0 saturated carbocycles. The van der Waals surface area contributed by atoms with Crippen LogP contribution in [0.25, 0.3) is 11.1 Å². The van der Waals surface area contributed by atoms with Crippen molar-refractivity contribution in [2.75, 3.05) is 0 Å². The summed E-state index contributed by atoms with van der Waals surface area (Å²) in [5.74, 6) is -0.142. The number of hydrogen-bond acceptors (Lipinski definition) is 2. The highest BCUT2D eigenvalue weighted by Crippen LogP contribution is 2.21. The highest BCUT2D eigenvalue weighted by atomic mass is 35.5. The van der Waals surface area contributed by atoms with Crippen molar-refractivity contribution in [1.82, 2.24) is 10.3 Å². The summed E-state index contributed by atoms with van der Waals surface area (Å²) in [5.41, 5.74) is 3.45. The Morgan fingerprint density at radius 1 is 0.957 bits per heavy atom. The quantitative estimate of drug-likeness (QED) is 0.776. The molecule has 3 aromatic rings. The van der Waals surface area contributed by atoms with Crippen LogP contribution in [0.4, 0.5) is 0 Å². The van der Waals surface area contributed by atoms with Gasteiger partial charge in [-0.15, -0.1) is 0 Å². The van der Waals surface area contributed by atoms with Gasteiger partial charge < -0.3 is 5.32 Å². The van der Waals surface area contributed by atoms with Gasteiger partial charge in [-0.1, -0.05) is 54.1 Å². The lowest BCUT2D eigenvalue weighted by atomic mass is 10.1. The molecule has 1 heterocycles. The number of pyridine rings is 1. The Hall–Kier alpha value is -2.65. The topological polar surface area (TPSA) is 42.0 Å². The minimum atomic E-state index is -0.142. The summed E-state index contributed by atoms with van der Waals surface area (Å²) in [4.78, 5) is 16.4. The van der Waals surface area contributed by atoms with Crippen molar-refractivity contribution in [3.63, 3.8) is 0 Å². The zero-order valence-electron chi connectivity index (χ0n) is 12.4. The van der Waals surface area contributed by atoms with Gasteiger partial charge in [-0.25, -0.2) is 0 Å². The van der Waals surface area contributed by atoms with Crippen LogP contribution in [0.1, 0.15) is 15.9 Å². The number of nitrogens with zero attached hydrogens (tertiary/aromatic N) is 1. The normalized spacial score (nSPS) is 10.3. The lowest BCUT2D eigenvalue weighted by molar-refractivity contribution is 0.0950. The van der Waals surface area contributed by atoms with Crippen LogP contribution < -0.4 is 5.32 Å². The standard InChI is InChI=1S/C19H15ClN2O/c20-18-8-6-15(7-9-18)16-10-17(13-21-12-16)19(23)22-11-14-4-2-1-3-5-14/h1-10,12-13H,11H2,(H,22,23). The van der Waals surface area contributed by atoms with Gasteiger partial charge in [0.25, 0.3) is 5.91 Å². The first-order valence-corrected chi connectivity index (χ1v) is 7.63. The zero-order valence-corrected chi connectivity index (χ0v) is 13.1. The molecule has 1 aromatic heterocycles. The Kier molecular flexibility index (Phi) is 4.69. The molecule has 0 saturated heterocycles. The van der Waals surface area contributed by atoms with Crippen LogP contribution in [0.15, 0.2) is 73.1 Å². The Morgan fingerprint density at radius 2 is 1.70 bits per heavy atom. The fourth-order valence-corrected chi connectivity index (χ4v) is 2.37. The van der Waals surface area contributed by atoms with Crippen LogP contribution in [-0.2, 0) is 6.54 Å². The largest absolute Gasteiger partial charge is 0.348 e. The molecule has 0 aliphatic carbocycles. The van der Waals surface area contributed by atoms with Gasteiger partial charge in [0.2, 0.25) is 0 Å². The maximum atomic E-state index is 12.3. The molecule has 1 N–H and O–H groups in total. The van der Waals surface area contributed by atoms with E-state index < -0.39 is 0 Å². The van der Waals surface area contributed by atoms with Gasteiger partial charge in [-0.3, -0.25) is 9.78 Å². The number of aromatic nitrogens is 1.